The van der Waals surface area contributed by atoms with E-state index in [0.717, 1.165) is 17.0 Å². The highest BCUT2D eigenvalue weighted by Gasteiger charge is 2.36. The number of nitrogens with one attached hydrogen (secondary N) is 1. The third-order valence-electron chi connectivity index (χ3n) is 5.64. The van der Waals surface area contributed by atoms with Crippen LogP contribution in [0.15, 0.2) is 41.9 Å². The number of rotatable bonds is 10. The van der Waals surface area contributed by atoms with Gasteiger partial charge in [0.05, 0.1) is 17.5 Å². The van der Waals surface area contributed by atoms with Crippen molar-refractivity contribution in [1.82, 2.24) is 5.32 Å². The number of nitrogens with two attached hydrogens (primary N) is 1. The van der Waals surface area contributed by atoms with Crippen LogP contribution < -0.4 is 16.0 Å². The van der Waals surface area contributed by atoms with Gasteiger partial charge in [-0.3, -0.25) is 19.4 Å². The number of nitrogens with zero attached hydrogens (tertiary/aromatic N) is 2. The highest BCUT2D eigenvalue weighted by atomic mass is 16.2. The molecular weight excluding hydrogens is 404 g/mol. The van der Waals surface area contributed by atoms with Crippen molar-refractivity contribution < 1.29 is 14.4 Å². The Labute approximate surface area is 191 Å². The van der Waals surface area contributed by atoms with Gasteiger partial charge in [-0.15, -0.1) is 6.58 Å². The minimum Gasteiger partial charge on any atom is -0.369 e. The molecule has 7 nitrogen and oxygen atoms in total. The van der Waals surface area contributed by atoms with Crippen LogP contribution in [0.25, 0.3) is 0 Å². The molecule has 0 saturated carbocycles. The lowest BCUT2D eigenvalue weighted by molar-refractivity contribution is -0.135. The summed E-state index contributed by atoms with van der Waals surface area (Å²) < 4.78 is 0. The molecule has 1 aliphatic rings. The van der Waals surface area contributed by atoms with Crippen LogP contribution in [0.3, 0.4) is 0 Å². The number of amides is 3. The molecule has 1 heterocycles. The Morgan fingerprint density at radius 3 is 2.41 bits per heavy atom. The summed E-state index contributed by atoms with van der Waals surface area (Å²) in [7, 11) is 1.68. The predicted molar refractivity (Wildman–Crippen MR) is 128 cm³/mol. The van der Waals surface area contributed by atoms with Gasteiger partial charge in [0.2, 0.25) is 18.0 Å². The SMILES string of the molecule is C=CC[C@H](C(N)=O)[C@@H](CC(C)C)C(=O)NC1N=C(CC(C)C)c2ccccc2N(C)C1=O. The second-order valence-corrected chi connectivity index (χ2v) is 9.27. The van der Waals surface area contributed by atoms with Crippen LogP contribution in [0.4, 0.5) is 5.69 Å². The number of carbonyl (C=O) groups is 3. The Balaban J connectivity index is 2.43. The summed E-state index contributed by atoms with van der Waals surface area (Å²) in [5, 5.41) is 2.82. The van der Waals surface area contributed by atoms with Crippen LogP contribution in [0.2, 0.25) is 0 Å². The van der Waals surface area contributed by atoms with E-state index in [-0.39, 0.29) is 11.8 Å². The maximum atomic E-state index is 13.3. The number of para-hydroxylation sites is 1. The lowest BCUT2D eigenvalue weighted by Crippen LogP contribution is -2.50. The van der Waals surface area contributed by atoms with Crippen LogP contribution in [0.1, 0.15) is 52.5 Å². The second kappa shape index (κ2) is 11.1. The monoisotopic (exact) mass is 440 g/mol. The molecule has 32 heavy (non-hydrogen) atoms. The van der Waals surface area contributed by atoms with Gasteiger partial charge in [-0.1, -0.05) is 52.0 Å². The lowest BCUT2D eigenvalue weighted by Gasteiger charge is -2.27. The van der Waals surface area contributed by atoms with Crippen molar-refractivity contribution in [3.63, 3.8) is 0 Å². The van der Waals surface area contributed by atoms with Crippen LogP contribution in [0, 0.1) is 23.7 Å². The van der Waals surface area contributed by atoms with Crippen LogP contribution in [-0.2, 0) is 14.4 Å². The van der Waals surface area contributed by atoms with E-state index < -0.39 is 29.8 Å². The normalized spacial score (nSPS) is 18.0. The number of hydrogen-bond donors (Lipinski definition) is 2. The van der Waals surface area contributed by atoms with E-state index in [2.05, 4.69) is 25.7 Å². The first kappa shape index (κ1) is 25.3. The zero-order valence-electron chi connectivity index (χ0n) is 19.8. The summed E-state index contributed by atoms with van der Waals surface area (Å²) in [5.41, 5.74) is 8.03. The first-order chi connectivity index (χ1) is 15.1. The number of benzene rings is 1. The summed E-state index contributed by atoms with van der Waals surface area (Å²) >= 11 is 0. The fourth-order valence-corrected chi connectivity index (χ4v) is 4.10. The van der Waals surface area contributed by atoms with E-state index in [1.807, 2.05) is 38.1 Å². The molecule has 0 saturated heterocycles. The van der Waals surface area contributed by atoms with Crippen molar-refractivity contribution in [3.8, 4) is 0 Å². The minimum atomic E-state index is -1.07. The van der Waals surface area contributed by atoms with Crippen molar-refractivity contribution in [2.45, 2.75) is 53.1 Å². The number of aliphatic imine (C=N–C) groups is 1. The van der Waals surface area contributed by atoms with E-state index >= 15 is 0 Å². The zero-order valence-corrected chi connectivity index (χ0v) is 19.8. The van der Waals surface area contributed by atoms with Crippen molar-refractivity contribution in [3.05, 3.63) is 42.5 Å². The average Bonchev–Trinajstić information content (AvgIpc) is 2.81. The predicted octanol–water partition coefficient (Wildman–Crippen LogP) is 3.28. The topological polar surface area (TPSA) is 105 Å². The van der Waals surface area contributed by atoms with Gasteiger partial charge in [0, 0.05) is 18.3 Å². The van der Waals surface area contributed by atoms with Crippen molar-refractivity contribution in [2.75, 3.05) is 11.9 Å². The molecule has 3 N–H and O–H groups in total. The highest BCUT2D eigenvalue weighted by Crippen LogP contribution is 2.28. The number of hydrogen-bond acceptors (Lipinski definition) is 4. The molecule has 0 bridgehead atoms. The average molecular weight is 441 g/mol. The molecule has 3 atom stereocenters. The van der Waals surface area contributed by atoms with Gasteiger partial charge in [0.25, 0.3) is 5.91 Å². The maximum absolute atomic E-state index is 13.3. The number of likely N-dealkylation sites (N-methyl/N-ethyl adjacent to an activating group) is 1. The molecule has 3 amide bonds. The molecule has 1 aromatic rings. The highest BCUT2D eigenvalue weighted by molar-refractivity contribution is 6.13. The van der Waals surface area contributed by atoms with Gasteiger partial charge in [-0.2, -0.15) is 0 Å². The van der Waals surface area contributed by atoms with Crippen LogP contribution in [0.5, 0.6) is 0 Å². The molecule has 0 aromatic heterocycles. The van der Waals surface area contributed by atoms with Gasteiger partial charge >= 0.3 is 0 Å². The summed E-state index contributed by atoms with van der Waals surface area (Å²) in [6.07, 6.45) is 1.95. The molecule has 0 fully saturated rings. The first-order valence-electron chi connectivity index (χ1n) is 11.2. The molecule has 1 aliphatic heterocycles. The third kappa shape index (κ3) is 6.05. The number of benzodiazepines with no additional fused rings is 1. The Hall–Kier alpha value is -2.96. The number of fused-ring (bicyclic) bond motifs is 1. The van der Waals surface area contributed by atoms with Crippen molar-refractivity contribution >= 4 is 29.1 Å². The summed E-state index contributed by atoms with van der Waals surface area (Å²) in [6, 6.07) is 7.61. The zero-order chi connectivity index (χ0) is 24.0. The van der Waals surface area contributed by atoms with Gasteiger partial charge < -0.3 is 16.0 Å². The van der Waals surface area contributed by atoms with E-state index in [9.17, 15) is 14.4 Å². The standard InChI is InChI=1S/C25H36N4O3/c1-7-10-17(22(26)30)19(13-15(2)3)24(31)28-23-25(32)29(6)21-12-9-8-11-18(21)20(27-23)14-16(4)5/h7-9,11-12,15-17,19,23H,1,10,13-14H2,2-6H3,(H2,26,30)(H,28,31)/t17-,19+,23?/m0/s1. The molecule has 1 unspecified atom stereocenters. The van der Waals surface area contributed by atoms with E-state index in [1.165, 1.54) is 4.90 Å². The van der Waals surface area contributed by atoms with Gasteiger partial charge in [0.1, 0.15) is 0 Å². The number of allylic oxidation sites excluding steroid dienone is 1. The van der Waals surface area contributed by atoms with E-state index in [1.54, 1.807) is 13.1 Å². The van der Waals surface area contributed by atoms with Gasteiger partial charge in [-0.25, -0.2) is 0 Å². The van der Waals surface area contributed by atoms with Gasteiger partial charge in [0.15, 0.2) is 0 Å². The number of carbonyl (C=O) groups excluding carboxylic acids is 3. The summed E-state index contributed by atoms with van der Waals surface area (Å²) in [4.78, 5) is 44.9. The number of anilines is 1. The Bertz CT molecular complexity index is 891. The molecule has 1 aromatic carbocycles. The van der Waals surface area contributed by atoms with Crippen LogP contribution in [-0.4, -0.2) is 36.6 Å². The molecule has 174 valence electrons. The van der Waals surface area contributed by atoms with Gasteiger partial charge in [-0.05, 0) is 37.2 Å². The molecule has 0 radical (unpaired) electrons. The van der Waals surface area contributed by atoms with E-state index in [0.29, 0.717) is 25.2 Å². The molecule has 0 aliphatic carbocycles. The molecule has 2 rings (SSSR count). The maximum Gasteiger partial charge on any atom is 0.272 e. The van der Waals surface area contributed by atoms with Crippen molar-refractivity contribution in [2.24, 2.45) is 34.4 Å². The molecule has 7 heteroatoms. The lowest BCUT2D eigenvalue weighted by atomic mass is 9.82. The second-order valence-electron chi connectivity index (χ2n) is 9.27. The molecule has 0 spiro atoms. The summed E-state index contributed by atoms with van der Waals surface area (Å²) in [5.74, 6) is -2.15. The quantitative estimate of drug-likeness (QED) is 0.546. The fraction of sp³-hybridized carbons (Fsp3) is 0.520. The van der Waals surface area contributed by atoms with Crippen LogP contribution >= 0.6 is 0 Å². The minimum absolute atomic E-state index is 0.161. The smallest absolute Gasteiger partial charge is 0.272 e. The largest absolute Gasteiger partial charge is 0.369 e. The fourth-order valence-electron chi connectivity index (χ4n) is 4.10. The Kier molecular flexibility index (Phi) is 8.75. The summed E-state index contributed by atoms with van der Waals surface area (Å²) in [6.45, 7) is 11.8. The van der Waals surface area contributed by atoms with E-state index in [4.69, 9.17) is 10.7 Å². The number of primary amides is 1. The van der Waals surface area contributed by atoms with Crippen molar-refractivity contribution in [1.29, 1.82) is 0 Å². The Morgan fingerprint density at radius 1 is 1.19 bits per heavy atom. The third-order valence-corrected chi connectivity index (χ3v) is 5.64. The molecular formula is C25H36N4O3. The first-order valence-corrected chi connectivity index (χ1v) is 11.2. The Morgan fingerprint density at radius 2 is 1.84 bits per heavy atom.